The number of benzene rings is 1. The van der Waals surface area contributed by atoms with Crippen molar-refractivity contribution in [3.63, 3.8) is 0 Å². The third-order valence-corrected chi connectivity index (χ3v) is 4.12. The van der Waals surface area contributed by atoms with Crippen LogP contribution in [0.2, 0.25) is 0 Å². The number of hydrogen-bond acceptors (Lipinski definition) is 1. The minimum absolute atomic E-state index is 0.781. The normalized spacial score (nSPS) is 21.6. The molecule has 1 aromatic carbocycles. The maximum absolute atomic E-state index is 3.58. The molecule has 0 spiro atoms. The van der Waals surface area contributed by atoms with Gasteiger partial charge in [-0.25, -0.2) is 0 Å². The van der Waals surface area contributed by atoms with Crippen LogP contribution in [0.1, 0.15) is 36.8 Å². The summed E-state index contributed by atoms with van der Waals surface area (Å²) in [5.74, 6) is 0. The molecule has 0 N–H and O–H groups in total. The number of alkyl halides is 1. The van der Waals surface area contributed by atoms with Crippen LogP contribution in [0.25, 0.3) is 0 Å². The third kappa shape index (κ3) is 3.82. The Morgan fingerprint density at radius 2 is 2.24 bits per heavy atom. The van der Waals surface area contributed by atoms with Crippen LogP contribution in [-0.2, 0) is 6.54 Å². The predicted octanol–water partition coefficient (Wildman–Crippen LogP) is 4.13. The molecule has 2 rings (SSSR count). The number of nitrogens with zero attached hydrogens (tertiary/aromatic N) is 1. The second-order valence-electron chi connectivity index (χ2n) is 5.09. The molecule has 2 heteroatoms. The standard InChI is InChI=1S/C15H22BrN/c1-13-5-4-6-14(11-13)12-17-10-3-2-7-15(17)8-9-16/h4-6,11,15H,2-3,7-10,12H2,1H3. The molecule has 0 saturated carbocycles. The highest BCUT2D eigenvalue weighted by atomic mass is 79.9. The third-order valence-electron chi connectivity index (χ3n) is 3.66. The van der Waals surface area contributed by atoms with Crippen LogP contribution in [0.5, 0.6) is 0 Å². The molecule has 0 aliphatic carbocycles. The summed E-state index contributed by atoms with van der Waals surface area (Å²) >= 11 is 3.58. The lowest BCUT2D eigenvalue weighted by Gasteiger charge is -2.35. The molecule has 1 saturated heterocycles. The van der Waals surface area contributed by atoms with Gasteiger partial charge in [0, 0.05) is 17.9 Å². The van der Waals surface area contributed by atoms with Gasteiger partial charge in [0.05, 0.1) is 0 Å². The van der Waals surface area contributed by atoms with Crippen LogP contribution in [-0.4, -0.2) is 22.8 Å². The summed E-state index contributed by atoms with van der Waals surface area (Å²) in [6.07, 6.45) is 5.43. The minimum Gasteiger partial charge on any atom is -0.296 e. The average Bonchev–Trinajstić information content (AvgIpc) is 2.32. The van der Waals surface area contributed by atoms with E-state index in [9.17, 15) is 0 Å². The van der Waals surface area contributed by atoms with Gasteiger partial charge in [-0.3, -0.25) is 4.90 Å². The zero-order valence-electron chi connectivity index (χ0n) is 10.7. The van der Waals surface area contributed by atoms with E-state index >= 15 is 0 Å². The monoisotopic (exact) mass is 295 g/mol. The van der Waals surface area contributed by atoms with Gasteiger partial charge in [-0.1, -0.05) is 52.2 Å². The summed E-state index contributed by atoms with van der Waals surface area (Å²) in [5, 5.41) is 1.13. The van der Waals surface area contributed by atoms with Crippen LogP contribution in [0, 0.1) is 6.92 Å². The Morgan fingerprint density at radius 1 is 1.35 bits per heavy atom. The fraction of sp³-hybridized carbons (Fsp3) is 0.600. The van der Waals surface area contributed by atoms with E-state index in [1.165, 1.54) is 43.4 Å². The van der Waals surface area contributed by atoms with Crippen LogP contribution >= 0.6 is 15.9 Å². The first kappa shape index (κ1) is 13.1. The quantitative estimate of drug-likeness (QED) is 0.755. The summed E-state index contributed by atoms with van der Waals surface area (Å²) in [6.45, 7) is 4.57. The molecule has 1 aromatic rings. The molecule has 94 valence electrons. The topological polar surface area (TPSA) is 3.24 Å². The van der Waals surface area contributed by atoms with Crippen LogP contribution in [0.3, 0.4) is 0 Å². The molecule has 17 heavy (non-hydrogen) atoms. The van der Waals surface area contributed by atoms with Gasteiger partial charge < -0.3 is 0 Å². The van der Waals surface area contributed by atoms with E-state index in [2.05, 4.69) is 52.0 Å². The van der Waals surface area contributed by atoms with E-state index < -0.39 is 0 Å². The first-order valence-electron chi connectivity index (χ1n) is 6.65. The molecule has 1 nitrogen and oxygen atoms in total. The first-order valence-corrected chi connectivity index (χ1v) is 7.77. The molecule has 0 aromatic heterocycles. The molecule has 1 unspecified atom stereocenters. The van der Waals surface area contributed by atoms with Crippen molar-refractivity contribution in [2.24, 2.45) is 0 Å². The average molecular weight is 296 g/mol. The lowest BCUT2D eigenvalue weighted by Crippen LogP contribution is -2.39. The Kier molecular flexibility index (Phi) is 5.05. The van der Waals surface area contributed by atoms with Crippen molar-refractivity contribution in [2.45, 2.75) is 45.2 Å². The van der Waals surface area contributed by atoms with Gasteiger partial charge in [0.15, 0.2) is 0 Å². The minimum atomic E-state index is 0.781. The van der Waals surface area contributed by atoms with Crippen molar-refractivity contribution in [3.05, 3.63) is 35.4 Å². The van der Waals surface area contributed by atoms with Crippen LogP contribution < -0.4 is 0 Å². The van der Waals surface area contributed by atoms with Crippen molar-refractivity contribution in [3.8, 4) is 0 Å². The van der Waals surface area contributed by atoms with Gasteiger partial charge >= 0.3 is 0 Å². The Balaban J connectivity index is 2.00. The molecule has 1 fully saturated rings. The molecule has 1 heterocycles. The number of likely N-dealkylation sites (tertiary alicyclic amines) is 1. The highest BCUT2D eigenvalue weighted by Crippen LogP contribution is 2.22. The molecular weight excluding hydrogens is 274 g/mol. The second kappa shape index (κ2) is 6.55. The smallest absolute Gasteiger partial charge is 0.0236 e. The number of rotatable bonds is 4. The van der Waals surface area contributed by atoms with Gasteiger partial charge in [0.1, 0.15) is 0 Å². The molecule has 0 bridgehead atoms. The molecular formula is C15H22BrN. The second-order valence-corrected chi connectivity index (χ2v) is 5.88. The van der Waals surface area contributed by atoms with Crippen molar-refractivity contribution < 1.29 is 0 Å². The molecule has 1 aliphatic heterocycles. The molecule has 1 aliphatic rings. The van der Waals surface area contributed by atoms with Crippen molar-refractivity contribution in [2.75, 3.05) is 11.9 Å². The largest absolute Gasteiger partial charge is 0.296 e. The summed E-state index contributed by atoms with van der Waals surface area (Å²) in [6, 6.07) is 9.71. The lowest BCUT2D eigenvalue weighted by atomic mass is 9.99. The molecule has 1 atom stereocenters. The number of piperidine rings is 1. The Morgan fingerprint density at radius 3 is 3.00 bits per heavy atom. The van der Waals surface area contributed by atoms with Gasteiger partial charge in [-0.15, -0.1) is 0 Å². The zero-order chi connectivity index (χ0) is 12.1. The van der Waals surface area contributed by atoms with E-state index in [0.717, 1.165) is 17.9 Å². The van der Waals surface area contributed by atoms with Crippen molar-refractivity contribution in [1.82, 2.24) is 4.90 Å². The fourth-order valence-electron chi connectivity index (χ4n) is 2.77. The lowest BCUT2D eigenvalue weighted by molar-refractivity contribution is 0.137. The fourth-order valence-corrected chi connectivity index (χ4v) is 3.29. The zero-order valence-corrected chi connectivity index (χ0v) is 12.2. The highest BCUT2D eigenvalue weighted by Gasteiger charge is 2.21. The Hall–Kier alpha value is -0.340. The van der Waals surface area contributed by atoms with E-state index in [-0.39, 0.29) is 0 Å². The number of hydrogen-bond donors (Lipinski definition) is 0. The predicted molar refractivity (Wildman–Crippen MR) is 77.6 cm³/mol. The van der Waals surface area contributed by atoms with Crippen LogP contribution in [0.15, 0.2) is 24.3 Å². The van der Waals surface area contributed by atoms with Gasteiger partial charge in [-0.05, 0) is 38.3 Å². The number of aryl methyl sites for hydroxylation is 1. The van der Waals surface area contributed by atoms with E-state index in [1.54, 1.807) is 0 Å². The van der Waals surface area contributed by atoms with E-state index in [0.29, 0.717) is 0 Å². The maximum atomic E-state index is 3.58. The van der Waals surface area contributed by atoms with Crippen molar-refractivity contribution in [1.29, 1.82) is 0 Å². The summed E-state index contributed by atoms with van der Waals surface area (Å²) in [5.41, 5.74) is 2.84. The Bertz CT molecular complexity index is 349. The number of halogens is 1. The molecule has 0 amide bonds. The van der Waals surface area contributed by atoms with Gasteiger partial charge in [0.2, 0.25) is 0 Å². The van der Waals surface area contributed by atoms with Gasteiger partial charge in [0.25, 0.3) is 0 Å². The molecule has 0 radical (unpaired) electrons. The van der Waals surface area contributed by atoms with Crippen LogP contribution in [0.4, 0.5) is 0 Å². The summed E-state index contributed by atoms with van der Waals surface area (Å²) in [7, 11) is 0. The van der Waals surface area contributed by atoms with E-state index in [1.807, 2.05) is 0 Å². The summed E-state index contributed by atoms with van der Waals surface area (Å²) in [4.78, 5) is 2.67. The Labute approximate surface area is 113 Å². The van der Waals surface area contributed by atoms with E-state index in [4.69, 9.17) is 0 Å². The maximum Gasteiger partial charge on any atom is 0.0236 e. The van der Waals surface area contributed by atoms with Gasteiger partial charge in [-0.2, -0.15) is 0 Å². The van der Waals surface area contributed by atoms with Crippen molar-refractivity contribution >= 4 is 15.9 Å². The highest BCUT2D eigenvalue weighted by molar-refractivity contribution is 9.09. The first-order chi connectivity index (χ1) is 8.29. The SMILES string of the molecule is Cc1cccc(CN2CCCCC2CCBr)c1. The summed E-state index contributed by atoms with van der Waals surface area (Å²) < 4.78 is 0.